The van der Waals surface area contributed by atoms with Crippen LogP contribution in [0, 0.1) is 0 Å². The SMILES string of the molecule is CCCCCOc1ccc(C2/C(=C(\[O-])c3ccc4c(c3)OCCO4)C(=O)C(=O)N2CCC[n+]2cc[nH]c2)cc1. The molecule has 0 aliphatic carbocycles. The molecular formula is C30H33N3O6. The van der Waals surface area contributed by atoms with Crippen molar-refractivity contribution in [2.45, 2.75) is 45.2 Å². The normalized spacial score (nSPS) is 18.0. The molecule has 2 aliphatic heterocycles. The zero-order valence-electron chi connectivity index (χ0n) is 22.1. The molecule has 1 fully saturated rings. The Hall–Kier alpha value is -4.27. The van der Waals surface area contributed by atoms with Crippen molar-refractivity contribution in [1.82, 2.24) is 9.88 Å². The largest absolute Gasteiger partial charge is 0.872 e. The highest BCUT2D eigenvalue weighted by molar-refractivity contribution is 6.46. The molecule has 0 spiro atoms. The zero-order chi connectivity index (χ0) is 27.2. The number of unbranched alkanes of at least 4 members (excludes halogenated alkanes) is 2. The molecule has 3 heterocycles. The molecule has 1 aromatic heterocycles. The van der Waals surface area contributed by atoms with Crippen molar-refractivity contribution in [2.75, 3.05) is 26.4 Å². The number of H-pyrrole nitrogens is 1. The summed E-state index contributed by atoms with van der Waals surface area (Å²) < 4.78 is 19.0. The van der Waals surface area contributed by atoms with Gasteiger partial charge in [-0.05, 0) is 41.8 Å². The number of Topliss-reactive ketones (excluding diaryl/α,β-unsaturated/α-hetero) is 1. The van der Waals surface area contributed by atoms with E-state index in [1.54, 1.807) is 18.2 Å². The molecular weight excluding hydrogens is 498 g/mol. The highest BCUT2D eigenvalue weighted by atomic mass is 16.6. The van der Waals surface area contributed by atoms with Gasteiger partial charge in [0, 0.05) is 18.5 Å². The number of hydrogen-bond donors (Lipinski definition) is 1. The minimum absolute atomic E-state index is 0.0532. The average molecular weight is 532 g/mol. The topological polar surface area (TPSA) is 108 Å². The number of benzene rings is 2. The van der Waals surface area contributed by atoms with Crippen LogP contribution in [0.3, 0.4) is 0 Å². The van der Waals surface area contributed by atoms with Crippen molar-refractivity contribution in [3.8, 4) is 17.2 Å². The second-order valence-corrected chi connectivity index (χ2v) is 9.66. The molecule has 39 heavy (non-hydrogen) atoms. The fourth-order valence-corrected chi connectivity index (χ4v) is 4.96. The number of aromatic amines is 1. The molecule has 1 unspecified atom stereocenters. The highest BCUT2D eigenvalue weighted by Crippen LogP contribution is 2.40. The molecule has 2 aromatic carbocycles. The second-order valence-electron chi connectivity index (χ2n) is 9.66. The van der Waals surface area contributed by atoms with E-state index in [1.165, 1.54) is 4.90 Å². The number of nitrogens with one attached hydrogen (secondary N) is 1. The van der Waals surface area contributed by atoms with Crippen LogP contribution in [0.5, 0.6) is 17.2 Å². The third-order valence-corrected chi connectivity index (χ3v) is 6.96. The molecule has 3 aromatic rings. The maximum atomic E-state index is 13.8. The second kappa shape index (κ2) is 12.1. The van der Waals surface area contributed by atoms with Crippen molar-refractivity contribution >= 4 is 17.4 Å². The minimum Gasteiger partial charge on any atom is -0.872 e. The van der Waals surface area contributed by atoms with Gasteiger partial charge >= 0.3 is 0 Å². The third kappa shape index (κ3) is 5.77. The Morgan fingerprint density at radius 2 is 1.87 bits per heavy atom. The van der Waals surface area contributed by atoms with Crippen molar-refractivity contribution in [3.05, 3.63) is 77.9 Å². The number of likely N-dealkylation sites (tertiary alicyclic amines) is 1. The lowest BCUT2D eigenvalue weighted by Crippen LogP contribution is -2.36. The first-order chi connectivity index (χ1) is 19.1. The van der Waals surface area contributed by atoms with Gasteiger partial charge in [-0.15, -0.1) is 0 Å². The van der Waals surface area contributed by atoms with Crippen molar-refractivity contribution in [3.63, 3.8) is 0 Å². The number of aryl methyl sites for hydroxylation is 1. The monoisotopic (exact) mass is 531 g/mol. The number of carbonyl (C=O) groups is 2. The number of rotatable bonds is 11. The Morgan fingerprint density at radius 3 is 2.62 bits per heavy atom. The standard InChI is InChI=1S/C30H33N3O6/c1-2-3-4-16-37-23-9-6-21(7-10-23)27-26(28(34)22-8-11-24-25(19-22)39-18-17-38-24)29(35)30(36)33(27)14-5-13-32-15-12-31-20-32/h6-12,15,19-20,27H,2-5,13-14,16-18H2,1H3,(H,34,35). The Labute approximate surface area is 227 Å². The lowest BCUT2D eigenvalue weighted by molar-refractivity contribution is -0.695. The van der Waals surface area contributed by atoms with Gasteiger partial charge in [-0.1, -0.05) is 43.7 Å². The number of ketones is 1. The fraction of sp³-hybridized carbons (Fsp3) is 0.367. The molecule has 0 bridgehead atoms. The summed E-state index contributed by atoms with van der Waals surface area (Å²) >= 11 is 0. The lowest BCUT2D eigenvalue weighted by atomic mass is 9.95. The molecule has 2 aliphatic rings. The Bertz CT molecular complexity index is 1330. The van der Waals surface area contributed by atoms with E-state index >= 15 is 0 Å². The van der Waals surface area contributed by atoms with Crippen LogP contribution in [-0.4, -0.2) is 47.9 Å². The van der Waals surface area contributed by atoms with E-state index in [4.69, 9.17) is 14.2 Å². The summed E-state index contributed by atoms with van der Waals surface area (Å²) in [5.41, 5.74) is 0.911. The van der Waals surface area contributed by atoms with Crippen LogP contribution in [0.25, 0.3) is 5.76 Å². The number of amides is 1. The number of imidazole rings is 1. The van der Waals surface area contributed by atoms with Crippen LogP contribution in [0.1, 0.15) is 49.8 Å². The summed E-state index contributed by atoms with van der Waals surface area (Å²) in [7, 11) is 0. The van der Waals surface area contributed by atoms with Crippen LogP contribution >= 0.6 is 0 Å². The van der Waals surface area contributed by atoms with Gasteiger partial charge in [-0.3, -0.25) is 14.6 Å². The maximum absolute atomic E-state index is 13.8. The molecule has 9 heteroatoms. The zero-order valence-corrected chi connectivity index (χ0v) is 22.1. The molecule has 5 rings (SSSR count). The summed E-state index contributed by atoms with van der Waals surface area (Å²) in [6.07, 6.45) is 9.34. The van der Waals surface area contributed by atoms with E-state index in [0.717, 1.165) is 19.3 Å². The van der Waals surface area contributed by atoms with Gasteiger partial charge in [0.05, 0.1) is 19.2 Å². The molecule has 9 nitrogen and oxygen atoms in total. The summed E-state index contributed by atoms with van der Waals surface area (Å²) in [5.74, 6) is -0.218. The van der Waals surface area contributed by atoms with E-state index in [-0.39, 0.29) is 11.1 Å². The maximum Gasteiger partial charge on any atom is 0.295 e. The van der Waals surface area contributed by atoms with Crippen LogP contribution in [-0.2, 0) is 16.1 Å². The van der Waals surface area contributed by atoms with Crippen LogP contribution in [0.4, 0.5) is 0 Å². The van der Waals surface area contributed by atoms with Gasteiger partial charge in [0.2, 0.25) is 12.1 Å². The van der Waals surface area contributed by atoms with E-state index in [2.05, 4.69) is 11.9 Å². The molecule has 1 saturated heterocycles. The molecule has 204 valence electrons. The lowest BCUT2D eigenvalue weighted by Gasteiger charge is -2.28. The summed E-state index contributed by atoms with van der Waals surface area (Å²) in [6.45, 7) is 4.55. The van der Waals surface area contributed by atoms with Crippen molar-refractivity contribution in [1.29, 1.82) is 0 Å². The Balaban J connectivity index is 1.46. The van der Waals surface area contributed by atoms with Gasteiger partial charge in [0.25, 0.3) is 5.91 Å². The molecule has 1 N–H and O–H groups in total. The van der Waals surface area contributed by atoms with Crippen LogP contribution in [0.2, 0.25) is 0 Å². The Morgan fingerprint density at radius 1 is 1.08 bits per heavy atom. The first-order valence-corrected chi connectivity index (χ1v) is 13.5. The number of aromatic nitrogens is 2. The van der Waals surface area contributed by atoms with Gasteiger partial charge in [0.15, 0.2) is 11.5 Å². The fourth-order valence-electron chi connectivity index (χ4n) is 4.96. The summed E-state index contributed by atoms with van der Waals surface area (Å²) in [6, 6.07) is 11.4. The number of fused-ring (bicyclic) bond motifs is 1. The van der Waals surface area contributed by atoms with Crippen LogP contribution < -0.4 is 23.9 Å². The van der Waals surface area contributed by atoms with Crippen LogP contribution in [0.15, 0.2) is 66.8 Å². The van der Waals surface area contributed by atoms with E-state index in [0.29, 0.717) is 62.1 Å². The first kappa shape index (κ1) is 26.3. The van der Waals surface area contributed by atoms with Crippen molar-refractivity contribution < 1.29 is 33.5 Å². The van der Waals surface area contributed by atoms with Gasteiger partial charge in [-0.25, -0.2) is 4.57 Å². The predicted molar refractivity (Wildman–Crippen MR) is 141 cm³/mol. The predicted octanol–water partition coefficient (Wildman–Crippen LogP) is 2.96. The van der Waals surface area contributed by atoms with Gasteiger partial charge in [0.1, 0.15) is 31.4 Å². The quantitative estimate of drug-likeness (QED) is 0.134. The Kier molecular flexibility index (Phi) is 8.15. The van der Waals surface area contributed by atoms with E-state index in [9.17, 15) is 14.7 Å². The summed E-state index contributed by atoms with van der Waals surface area (Å²) in [4.78, 5) is 31.1. The number of carbonyl (C=O) groups excluding carboxylic acids is 2. The third-order valence-electron chi connectivity index (χ3n) is 6.96. The van der Waals surface area contributed by atoms with E-state index in [1.807, 2.05) is 47.6 Å². The van der Waals surface area contributed by atoms with Gasteiger partial charge < -0.3 is 24.2 Å². The number of hydrogen-bond acceptors (Lipinski definition) is 6. The van der Waals surface area contributed by atoms with Crippen molar-refractivity contribution in [2.24, 2.45) is 0 Å². The minimum atomic E-state index is -0.795. The summed E-state index contributed by atoms with van der Waals surface area (Å²) in [5, 5.41) is 13.8. The van der Waals surface area contributed by atoms with E-state index < -0.39 is 23.5 Å². The molecule has 0 radical (unpaired) electrons. The molecule has 1 amide bonds. The molecule has 0 saturated carbocycles. The smallest absolute Gasteiger partial charge is 0.295 e. The molecule has 1 atom stereocenters. The number of ether oxygens (including phenoxy) is 3. The van der Waals surface area contributed by atoms with Gasteiger partial charge in [-0.2, -0.15) is 0 Å². The first-order valence-electron chi connectivity index (χ1n) is 13.5. The highest BCUT2D eigenvalue weighted by Gasteiger charge is 2.44. The number of nitrogens with zero attached hydrogens (tertiary/aromatic N) is 2. The average Bonchev–Trinajstić information content (AvgIpc) is 3.57.